The van der Waals surface area contributed by atoms with Gasteiger partial charge in [-0.15, -0.1) is 0 Å². The van der Waals surface area contributed by atoms with E-state index in [0.29, 0.717) is 35.3 Å². The van der Waals surface area contributed by atoms with Crippen molar-refractivity contribution in [2.75, 3.05) is 6.54 Å². The third kappa shape index (κ3) is 3.31. The van der Waals surface area contributed by atoms with Crippen molar-refractivity contribution in [2.24, 2.45) is 16.6 Å². The van der Waals surface area contributed by atoms with Gasteiger partial charge >= 0.3 is 0 Å². The Kier molecular flexibility index (Phi) is 4.07. The number of benzene rings is 1. The van der Waals surface area contributed by atoms with Gasteiger partial charge in [-0.2, -0.15) is 0 Å². The highest BCUT2D eigenvalue weighted by Crippen LogP contribution is 2.45. The third-order valence-corrected chi connectivity index (χ3v) is 4.81. The molecule has 3 rings (SSSR count). The standard InChI is InChI=1S/C16H21ClFN3/c17-13-6-2-5-12(7-13)16(18)8-14(9-16)21-15(19)20-10-11-3-1-4-11/h2,5-7,11,14H,1,3-4,8-10H2,(H3,19,20,21). The highest BCUT2D eigenvalue weighted by Gasteiger charge is 2.46. The molecule has 3 nitrogen and oxygen atoms in total. The van der Waals surface area contributed by atoms with Crippen LogP contribution in [0.4, 0.5) is 4.39 Å². The Hall–Kier alpha value is -1.29. The van der Waals surface area contributed by atoms with Crippen molar-refractivity contribution in [3.8, 4) is 0 Å². The fourth-order valence-corrected chi connectivity index (χ4v) is 3.17. The molecule has 1 aromatic carbocycles. The lowest BCUT2D eigenvalue weighted by atomic mass is 9.73. The van der Waals surface area contributed by atoms with Crippen LogP contribution < -0.4 is 11.1 Å². The Morgan fingerprint density at radius 2 is 2.19 bits per heavy atom. The maximum Gasteiger partial charge on any atom is 0.188 e. The quantitative estimate of drug-likeness (QED) is 0.662. The predicted molar refractivity (Wildman–Crippen MR) is 84.2 cm³/mol. The normalized spacial score (nSPS) is 29.6. The van der Waals surface area contributed by atoms with Crippen molar-refractivity contribution < 1.29 is 4.39 Å². The first-order valence-corrected chi connectivity index (χ1v) is 7.94. The minimum atomic E-state index is -1.29. The summed E-state index contributed by atoms with van der Waals surface area (Å²) in [6.45, 7) is 0.792. The monoisotopic (exact) mass is 309 g/mol. The average Bonchev–Trinajstić information content (AvgIpc) is 2.35. The van der Waals surface area contributed by atoms with E-state index in [1.807, 2.05) is 0 Å². The number of guanidine groups is 1. The molecule has 5 heteroatoms. The molecule has 0 heterocycles. The highest BCUT2D eigenvalue weighted by atomic mass is 35.5. The molecular formula is C16H21ClFN3. The van der Waals surface area contributed by atoms with Gasteiger partial charge in [-0.25, -0.2) is 4.39 Å². The fourth-order valence-electron chi connectivity index (χ4n) is 2.98. The molecule has 0 atom stereocenters. The molecule has 3 N–H and O–H groups in total. The third-order valence-electron chi connectivity index (χ3n) is 4.58. The number of alkyl halides is 1. The van der Waals surface area contributed by atoms with Crippen molar-refractivity contribution in [2.45, 2.75) is 43.8 Å². The fraction of sp³-hybridized carbons (Fsp3) is 0.562. The molecule has 0 saturated heterocycles. The van der Waals surface area contributed by atoms with Gasteiger partial charge in [0.15, 0.2) is 5.96 Å². The zero-order chi connectivity index (χ0) is 14.9. The van der Waals surface area contributed by atoms with E-state index in [4.69, 9.17) is 17.3 Å². The zero-order valence-corrected chi connectivity index (χ0v) is 12.7. The molecule has 0 aromatic heterocycles. The predicted octanol–water partition coefficient (Wildman–Crippen LogP) is 3.37. The second-order valence-corrected chi connectivity index (χ2v) is 6.68. The van der Waals surface area contributed by atoms with Crippen LogP contribution in [0.5, 0.6) is 0 Å². The van der Waals surface area contributed by atoms with Crippen molar-refractivity contribution >= 4 is 17.6 Å². The number of nitrogens with one attached hydrogen (secondary N) is 1. The van der Waals surface area contributed by atoms with Gasteiger partial charge in [0, 0.05) is 30.5 Å². The van der Waals surface area contributed by atoms with E-state index in [2.05, 4.69) is 10.3 Å². The summed E-state index contributed by atoms with van der Waals surface area (Å²) in [6.07, 6.45) is 4.63. The van der Waals surface area contributed by atoms with Gasteiger partial charge in [-0.05, 0) is 36.5 Å². The van der Waals surface area contributed by atoms with Gasteiger partial charge in [0.1, 0.15) is 5.67 Å². The molecule has 2 saturated carbocycles. The second kappa shape index (κ2) is 5.84. The first-order valence-electron chi connectivity index (χ1n) is 7.56. The van der Waals surface area contributed by atoms with Crippen molar-refractivity contribution in [1.82, 2.24) is 5.32 Å². The van der Waals surface area contributed by atoms with Gasteiger partial charge in [-0.3, -0.25) is 4.99 Å². The molecule has 0 unspecified atom stereocenters. The summed E-state index contributed by atoms with van der Waals surface area (Å²) < 4.78 is 14.7. The molecule has 2 aliphatic carbocycles. The summed E-state index contributed by atoms with van der Waals surface area (Å²) in [5.74, 6) is 1.14. The number of nitrogens with zero attached hydrogens (tertiary/aromatic N) is 1. The van der Waals surface area contributed by atoms with Crippen LogP contribution in [0.3, 0.4) is 0 Å². The van der Waals surface area contributed by atoms with E-state index in [9.17, 15) is 4.39 Å². The average molecular weight is 310 g/mol. The minimum absolute atomic E-state index is 0.0547. The maximum atomic E-state index is 14.7. The molecule has 2 fully saturated rings. The van der Waals surface area contributed by atoms with E-state index < -0.39 is 5.67 Å². The van der Waals surface area contributed by atoms with E-state index in [-0.39, 0.29) is 6.04 Å². The molecular weight excluding hydrogens is 289 g/mol. The summed E-state index contributed by atoms with van der Waals surface area (Å²) >= 11 is 5.92. The lowest BCUT2D eigenvalue weighted by Gasteiger charge is -2.42. The number of hydrogen-bond acceptors (Lipinski definition) is 1. The molecule has 0 amide bonds. The number of aliphatic imine (C=N–C) groups is 1. The Morgan fingerprint density at radius 3 is 2.81 bits per heavy atom. The summed E-state index contributed by atoms with van der Waals surface area (Å²) in [5.41, 5.74) is 5.21. The van der Waals surface area contributed by atoms with Gasteiger partial charge < -0.3 is 11.1 Å². The van der Waals surface area contributed by atoms with Crippen LogP contribution in [0.2, 0.25) is 5.02 Å². The Balaban J connectivity index is 1.50. The largest absolute Gasteiger partial charge is 0.370 e. The van der Waals surface area contributed by atoms with Crippen LogP contribution in [-0.4, -0.2) is 18.5 Å². The first-order chi connectivity index (χ1) is 10.0. The lowest BCUT2D eigenvalue weighted by molar-refractivity contribution is 0.0326. The molecule has 0 aliphatic heterocycles. The Bertz CT molecular complexity index is 536. The maximum absolute atomic E-state index is 14.7. The Morgan fingerprint density at radius 1 is 1.43 bits per heavy atom. The van der Waals surface area contributed by atoms with Crippen LogP contribution in [0.1, 0.15) is 37.7 Å². The second-order valence-electron chi connectivity index (χ2n) is 6.25. The van der Waals surface area contributed by atoms with Gasteiger partial charge in [-0.1, -0.05) is 30.2 Å². The molecule has 0 bridgehead atoms. The van der Waals surface area contributed by atoms with Crippen LogP contribution in [0.25, 0.3) is 0 Å². The van der Waals surface area contributed by atoms with Crippen LogP contribution in [0, 0.1) is 5.92 Å². The minimum Gasteiger partial charge on any atom is -0.370 e. The highest BCUT2D eigenvalue weighted by molar-refractivity contribution is 6.30. The van der Waals surface area contributed by atoms with Crippen molar-refractivity contribution in [3.63, 3.8) is 0 Å². The first kappa shape index (κ1) is 14.6. The molecule has 114 valence electrons. The summed E-state index contributed by atoms with van der Waals surface area (Å²) in [4.78, 5) is 4.34. The number of nitrogens with two attached hydrogens (primary N) is 1. The number of hydrogen-bond donors (Lipinski definition) is 2. The topological polar surface area (TPSA) is 50.4 Å². The molecule has 0 spiro atoms. The summed E-state index contributed by atoms with van der Waals surface area (Å²) in [6, 6.07) is 7.09. The smallest absolute Gasteiger partial charge is 0.188 e. The van der Waals surface area contributed by atoms with Gasteiger partial charge in [0.25, 0.3) is 0 Å². The summed E-state index contributed by atoms with van der Waals surface area (Å²) in [7, 11) is 0. The molecule has 1 aromatic rings. The Labute approximate surface area is 129 Å². The van der Waals surface area contributed by atoms with Gasteiger partial charge in [0.2, 0.25) is 0 Å². The van der Waals surface area contributed by atoms with Crippen molar-refractivity contribution in [1.29, 1.82) is 0 Å². The van der Waals surface area contributed by atoms with Gasteiger partial charge in [0.05, 0.1) is 0 Å². The van der Waals surface area contributed by atoms with E-state index in [1.54, 1.807) is 24.3 Å². The summed E-state index contributed by atoms with van der Waals surface area (Å²) in [5, 5.41) is 3.69. The molecule has 0 radical (unpaired) electrons. The SMILES string of the molecule is NC(=NCC1CCC1)NC1CC(F)(c2cccc(Cl)c2)C1. The molecule has 2 aliphatic rings. The van der Waals surface area contributed by atoms with Crippen LogP contribution in [-0.2, 0) is 5.67 Å². The lowest BCUT2D eigenvalue weighted by Crippen LogP contribution is -2.53. The van der Waals surface area contributed by atoms with E-state index in [1.165, 1.54) is 19.3 Å². The zero-order valence-electron chi connectivity index (χ0n) is 12.0. The van der Waals surface area contributed by atoms with E-state index in [0.717, 1.165) is 6.54 Å². The number of halogens is 2. The molecule has 21 heavy (non-hydrogen) atoms. The van der Waals surface area contributed by atoms with Crippen LogP contribution in [0.15, 0.2) is 29.3 Å². The van der Waals surface area contributed by atoms with Crippen LogP contribution >= 0.6 is 11.6 Å². The van der Waals surface area contributed by atoms with E-state index >= 15 is 0 Å². The van der Waals surface area contributed by atoms with Crippen molar-refractivity contribution in [3.05, 3.63) is 34.9 Å². The number of rotatable bonds is 4.